The minimum absolute atomic E-state index is 0.126. The largest absolute Gasteiger partial charge is 0.487 e. The standard InChI is InChI=1S/C14H17NO/c1-2-4-13-10(3-1)7-14(16-13)8-11-5-6-12(9-14)15-11/h1-4,11-12,15H,5-9H2. The number of hydrogen-bond acceptors (Lipinski definition) is 2. The van der Waals surface area contributed by atoms with Gasteiger partial charge in [0.15, 0.2) is 0 Å². The molecule has 0 radical (unpaired) electrons. The molecule has 2 saturated heterocycles. The average molecular weight is 215 g/mol. The topological polar surface area (TPSA) is 21.3 Å². The van der Waals surface area contributed by atoms with E-state index in [-0.39, 0.29) is 5.60 Å². The Morgan fingerprint density at radius 3 is 2.62 bits per heavy atom. The lowest BCUT2D eigenvalue weighted by Crippen LogP contribution is -2.51. The molecule has 3 heterocycles. The highest BCUT2D eigenvalue weighted by atomic mass is 16.5. The van der Waals surface area contributed by atoms with Gasteiger partial charge in [0.05, 0.1) is 0 Å². The van der Waals surface area contributed by atoms with E-state index in [0.29, 0.717) is 12.1 Å². The highest BCUT2D eigenvalue weighted by Gasteiger charge is 2.48. The summed E-state index contributed by atoms with van der Waals surface area (Å²) in [6, 6.07) is 9.94. The van der Waals surface area contributed by atoms with Crippen LogP contribution in [0.3, 0.4) is 0 Å². The van der Waals surface area contributed by atoms with Crippen LogP contribution < -0.4 is 10.1 Å². The lowest BCUT2D eigenvalue weighted by Gasteiger charge is -2.37. The molecular weight excluding hydrogens is 198 g/mol. The molecule has 2 heteroatoms. The summed E-state index contributed by atoms with van der Waals surface area (Å²) >= 11 is 0. The third-order valence-corrected chi connectivity index (χ3v) is 4.38. The van der Waals surface area contributed by atoms with E-state index in [9.17, 15) is 0 Å². The van der Waals surface area contributed by atoms with Gasteiger partial charge in [-0.15, -0.1) is 0 Å². The van der Waals surface area contributed by atoms with Gasteiger partial charge in [-0.1, -0.05) is 18.2 Å². The van der Waals surface area contributed by atoms with Gasteiger partial charge in [0.2, 0.25) is 0 Å². The van der Waals surface area contributed by atoms with E-state index in [1.165, 1.54) is 31.2 Å². The molecule has 0 aromatic heterocycles. The van der Waals surface area contributed by atoms with Crippen molar-refractivity contribution in [3.63, 3.8) is 0 Å². The molecule has 0 aliphatic carbocycles. The van der Waals surface area contributed by atoms with Gasteiger partial charge in [-0.3, -0.25) is 0 Å². The van der Waals surface area contributed by atoms with E-state index < -0.39 is 0 Å². The first-order valence-corrected chi connectivity index (χ1v) is 6.36. The van der Waals surface area contributed by atoms with Crippen molar-refractivity contribution in [2.24, 2.45) is 0 Å². The van der Waals surface area contributed by atoms with Crippen molar-refractivity contribution in [1.29, 1.82) is 0 Å². The van der Waals surface area contributed by atoms with Crippen molar-refractivity contribution >= 4 is 0 Å². The Morgan fingerprint density at radius 2 is 1.88 bits per heavy atom. The van der Waals surface area contributed by atoms with Gasteiger partial charge >= 0.3 is 0 Å². The molecule has 2 atom stereocenters. The van der Waals surface area contributed by atoms with Gasteiger partial charge in [-0.2, -0.15) is 0 Å². The smallest absolute Gasteiger partial charge is 0.123 e. The molecule has 0 saturated carbocycles. The quantitative estimate of drug-likeness (QED) is 0.717. The van der Waals surface area contributed by atoms with E-state index in [1.54, 1.807) is 0 Å². The minimum atomic E-state index is 0.126. The third-order valence-electron chi connectivity index (χ3n) is 4.38. The van der Waals surface area contributed by atoms with Crippen molar-refractivity contribution < 1.29 is 4.74 Å². The second-order valence-corrected chi connectivity index (χ2v) is 5.62. The molecule has 2 nitrogen and oxygen atoms in total. The Labute approximate surface area is 96.0 Å². The van der Waals surface area contributed by atoms with E-state index in [4.69, 9.17) is 4.74 Å². The van der Waals surface area contributed by atoms with Crippen molar-refractivity contribution in [3.8, 4) is 5.75 Å². The maximum atomic E-state index is 6.28. The molecule has 2 unspecified atom stereocenters. The fourth-order valence-corrected chi connectivity index (χ4v) is 3.80. The Bertz CT molecular complexity index is 389. The molecule has 4 rings (SSSR count). The van der Waals surface area contributed by atoms with Crippen LogP contribution in [0.1, 0.15) is 31.2 Å². The molecule has 16 heavy (non-hydrogen) atoms. The predicted octanol–water partition coefficient (Wildman–Crippen LogP) is 2.27. The van der Waals surface area contributed by atoms with Gasteiger partial charge in [-0.25, -0.2) is 0 Å². The summed E-state index contributed by atoms with van der Waals surface area (Å²) in [7, 11) is 0. The molecule has 1 N–H and O–H groups in total. The number of benzene rings is 1. The Morgan fingerprint density at radius 1 is 1.12 bits per heavy atom. The molecule has 0 amide bonds. The zero-order chi connectivity index (χ0) is 10.6. The number of piperidine rings is 1. The van der Waals surface area contributed by atoms with E-state index in [2.05, 4.69) is 29.6 Å². The number of hydrogen-bond donors (Lipinski definition) is 1. The average Bonchev–Trinajstić information content (AvgIpc) is 2.78. The molecule has 3 aliphatic heterocycles. The fraction of sp³-hybridized carbons (Fsp3) is 0.571. The van der Waals surface area contributed by atoms with Crippen LogP contribution in [0, 0.1) is 0 Å². The molecule has 1 aromatic rings. The number of para-hydroxylation sites is 1. The molecular formula is C14H17NO. The van der Waals surface area contributed by atoms with Crippen LogP contribution in [-0.4, -0.2) is 17.7 Å². The van der Waals surface area contributed by atoms with Crippen LogP contribution in [0.4, 0.5) is 0 Å². The lowest BCUT2D eigenvalue weighted by molar-refractivity contribution is 0.0398. The molecule has 1 spiro atoms. The highest BCUT2D eigenvalue weighted by Crippen LogP contribution is 2.45. The summed E-state index contributed by atoms with van der Waals surface area (Å²) in [5, 5.41) is 3.69. The van der Waals surface area contributed by atoms with Crippen LogP contribution in [0.15, 0.2) is 24.3 Å². The van der Waals surface area contributed by atoms with E-state index in [1.807, 2.05) is 0 Å². The van der Waals surface area contributed by atoms with Crippen LogP contribution in [0.5, 0.6) is 5.75 Å². The van der Waals surface area contributed by atoms with Crippen molar-refractivity contribution in [2.75, 3.05) is 0 Å². The van der Waals surface area contributed by atoms with Crippen molar-refractivity contribution in [2.45, 2.75) is 49.8 Å². The summed E-state index contributed by atoms with van der Waals surface area (Å²) in [5.41, 5.74) is 1.53. The Hall–Kier alpha value is -1.02. The van der Waals surface area contributed by atoms with Crippen LogP contribution >= 0.6 is 0 Å². The number of rotatable bonds is 0. The van der Waals surface area contributed by atoms with Crippen molar-refractivity contribution in [1.82, 2.24) is 5.32 Å². The molecule has 1 aromatic carbocycles. The van der Waals surface area contributed by atoms with Crippen molar-refractivity contribution in [3.05, 3.63) is 29.8 Å². The summed E-state index contributed by atoms with van der Waals surface area (Å²) in [4.78, 5) is 0. The highest BCUT2D eigenvalue weighted by molar-refractivity contribution is 5.39. The summed E-state index contributed by atoms with van der Waals surface area (Å²) in [6.07, 6.45) is 6.19. The molecule has 84 valence electrons. The second-order valence-electron chi connectivity index (χ2n) is 5.62. The first-order valence-electron chi connectivity index (χ1n) is 6.36. The number of ether oxygens (including phenoxy) is 1. The minimum Gasteiger partial charge on any atom is -0.487 e. The fourth-order valence-electron chi connectivity index (χ4n) is 3.80. The first kappa shape index (κ1) is 9.06. The monoisotopic (exact) mass is 215 g/mol. The molecule has 2 fully saturated rings. The summed E-state index contributed by atoms with van der Waals surface area (Å²) in [5.74, 6) is 1.13. The van der Waals surface area contributed by atoms with E-state index >= 15 is 0 Å². The van der Waals surface area contributed by atoms with Crippen LogP contribution in [0.25, 0.3) is 0 Å². The normalized spacial score (nSPS) is 39.8. The Kier molecular flexibility index (Phi) is 1.70. The van der Waals surface area contributed by atoms with Crippen LogP contribution in [0.2, 0.25) is 0 Å². The van der Waals surface area contributed by atoms with Crippen LogP contribution in [-0.2, 0) is 6.42 Å². The molecule has 2 bridgehead atoms. The van der Waals surface area contributed by atoms with Gasteiger partial charge in [0.25, 0.3) is 0 Å². The summed E-state index contributed by atoms with van der Waals surface area (Å²) < 4.78 is 6.28. The summed E-state index contributed by atoms with van der Waals surface area (Å²) in [6.45, 7) is 0. The van der Waals surface area contributed by atoms with Gasteiger partial charge < -0.3 is 10.1 Å². The zero-order valence-electron chi connectivity index (χ0n) is 9.41. The Balaban J connectivity index is 1.67. The van der Waals surface area contributed by atoms with Gasteiger partial charge in [0, 0.05) is 31.3 Å². The van der Waals surface area contributed by atoms with E-state index in [0.717, 1.165) is 12.2 Å². The SMILES string of the molecule is c1ccc2c(c1)CC1(CC3CCC(C1)N3)O2. The second kappa shape index (κ2) is 3.01. The molecule has 3 aliphatic rings. The lowest BCUT2D eigenvalue weighted by atomic mass is 9.84. The number of nitrogens with one attached hydrogen (secondary N) is 1. The third kappa shape index (κ3) is 1.23. The van der Waals surface area contributed by atoms with Gasteiger partial charge in [0.1, 0.15) is 11.4 Å². The van der Waals surface area contributed by atoms with Gasteiger partial charge in [-0.05, 0) is 24.5 Å². The maximum absolute atomic E-state index is 6.28. The predicted molar refractivity (Wildman–Crippen MR) is 62.7 cm³/mol. The zero-order valence-corrected chi connectivity index (χ0v) is 9.41. The first-order chi connectivity index (χ1) is 7.83. The number of fused-ring (bicyclic) bond motifs is 3. The maximum Gasteiger partial charge on any atom is 0.123 e.